The van der Waals surface area contributed by atoms with Crippen LogP contribution in [0.3, 0.4) is 0 Å². The second-order valence-corrected chi connectivity index (χ2v) is 7.09. The van der Waals surface area contributed by atoms with Gasteiger partial charge in [0.2, 0.25) is 0 Å². The van der Waals surface area contributed by atoms with Crippen LogP contribution in [0.15, 0.2) is 57.7 Å². The number of hydrogen-bond acceptors (Lipinski definition) is 2. The average Bonchev–Trinajstić information content (AvgIpc) is 2.92. The van der Waals surface area contributed by atoms with Crippen molar-refractivity contribution in [3.63, 3.8) is 0 Å². The van der Waals surface area contributed by atoms with Gasteiger partial charge in [-0.15, -0.1) is 0 Å². The van der Waals surface area contributed by atoms with E-state index in [-0.39, 0.29) is 5.76 Å². The highest BCUT2D eigenvalue weighted by atomic mass is 16.4. The van der Waals surface area contributed by atoms with E-state index in [4.69, 9.17) is 4.42 Å². The van der Waals surface area contributed by atoms with Crippen molar-refractivity contribution >= 4 is 11.1 Å². The zero-order valence-corrected chi connectivity index (χ0v) is 14.6. The molecule has 1 aliphatic rings. The van der Waals surface area contributed by atoms with E-state index >= 15 is 0 Å². The number of piperazine rings is 1. The van der Waals surface area contributed by atoms with Gasteiger partial charge in [-0.1, -0.05) is 42.0 Å². The topological polar surface area (TPSA) is 44.0 Å². The van der Waals surface area contributed by atoms with Gasteiger partial charge in [0.05, 0.1) is 5.52 Å². The molecule has 1 saturated heterocycles. The Balaban J connectivity index is 1.39. The molecule has 1 aliphatic heterocycles. The SMILES string of the molecule is Cc1cccc(C[NH+]2CC[NH+](Cn3c(=O)oc4ccccc43)CC2)c1. The average molecular weight is 339 g/mol. The first-order valence-corrected chi connectivity index (χ1v) is 9.00. The predicted molar refractivity (Wildman–Crippen MR) is 96.8 cm³/mol. The lowest BCUT2D eigenvalue weighted by molar-refractivity contribution is -1.03. The molecular formula is C20H25N3O2+2. The van der Waals surface area contributed by atoms with Crippen LogP contribution in [0.1, 0.15) is 11.1 Å². The maximum Gasteiger partial charge on any atom is 0.424 e. The number of quaternary nitrogens is 2. The standard InChI is InChI=1S/C20H23N3O2/c1-16-5-4-6-17(13-16)14-21-9-11-22(12-10-21)15-23-18-7-2-3-8-19(18)25-20(23)24/h2-8,13H,9-12,14-15H2,1H3/p+2. The number of fused-ring (bicyclic) bond motifs is 1. The number of nitrogens with one attached hydrogen (secondary N) is 2. The quantitative estimate of drug-likeness (QED) is 0.694. The Labute approximate surface area is 147 Å². The van der Waals surface area contributed by atoms with Gasteiger partial charge in [0.1, 0.15) is 32.7 Å². The summed E-state index contributed by atoms with van der Waals surface area (Å²) in [4.78, 5) is 15.2. The van der Waals surface area contributed by atoms with Crippen LogP contribution in [0.5, 0.6) is 0 Å². The number of aryl methyl sites for hydroxylation is 1. The van der Waals surface area contributed by atoms with Crippen molar-refractivity contribution in [2.45, 2.75) is 20.1 Å². The predicted octanol–water partition coefficient (Wildman–Crippen LogP) is -0.156. The Hall–Kier alpha value is -2.37. The highest BCUT2D eigenvalue weighted by Crippen LogP contribution is 2.10. The number of nitrogens with zero attached hydrogens (tertiary/aromatic N) is 1. The molecule has 5 nitrogen and oxygen atoms in total. The maximum atomic E-state index is 12.1. The molecule has 0 saturated carbocycles. The fourth-order valence-corrected chi connectivity index (χ4v) is 3.79. The van der Waals surface area contributed by atoms with E-state index < -0.39 is 0 Å². The summed E-state index contributed by atoms with van der Waals surface area (Å²) in [5.74, 6) is -0.247. The number of benzene rings is 2. The minimum atomic E-state index is -0.247. The van der Waals surface area contributed by atoms with Crippen LogP contribution in [-0.4, -0.2) is 30.7 Å². The van der Waals surface area contributed by atoms with E-state index in [1.165, 1.54) is 16.0 Å². The van der Waals surface area contributed by atoms with Gasteiger partial charge in [-0.25, -0.2) is 9.36 Å². The molecule has 2 aromatic carbocycles. The fourth-order valence-electron chi connectivity index (χ4n) is 3.79. The van der Waals surface area contributed by atoms with Gasteiger partial charge in [-0.3, -0.25) is 0 Å². The van der Waals surface area contributed by atoms with Crippen LogP contribution in [-0.2, 0) is 13.2 Å². The molecule has 25 heavy (non-hydrogen) atoms. The highest BCUT2D eigenvalue weighted by Gasteiger charge is 2.24. The zero-order valence-electron chi connectivity index (χ0n) is 14.6. The zero-order chi connectivity index (χ0) is 17.2. The van der Waals surface area contributed by atoms with Crippen molar-refractivity contribution in [2.24, 2.45) is 0 Å². The van der Waals surface area contributed by atoms with E-state index in [0.29, 0.717) is 12.3 Å². The van der Waals surface area contributed by atoms with Crippen molar-refractivity contribution in [1.82, 2.24) is 4.57 Å². The molecule has 2 heterocycles. The van der Waals surface area contributed by atoms with Gasteiger partial charge in [0.15, 0.2) is 12.3 Å². The summed E-state index contributed by atoms with van der Waals surface area (Å²) in [6.45, 7) is 8.34. The lowest BCUT2D eigenvalue weighted by Gasteiger charge is -2.29. The monoisotopic (exact) mass is 339 g/mol. The van der Waals surface area contributed by atoms with Crippen LogP contribution in [0, 0.1) is 6.92 Å². The molecule has 2 N–H and O–H groups in total. The molecule has 5 heteroatoms. The Bertz CT molecular complexity index is 920. The molecule has 4 rings (SSSR count). The molecule has 3 aromatic rings. The maximum absolute atomic E-state index is 12.1. The summed E-state index contributed by atoms with van der Waals surface area (Å²) in [6, 6.07) is 16.4. The summed E-state index contributed by atoms with van der Waals surface area (Å²) < 4.78 is 7.11. The molecule has 0 amide bonds. The number of rotatable bonds is 4. The van der Waals surface area contributed by atoms with Gasteiger partial charge in [-0.2, -0.15) is 0 Å². The molecule has 130 valence electrons. The smallest absolute Gasteiger partial charge is 0.408 e. The first-order valence-electron chi connectivity index (χ1n) is 9.00. The van der Waals surface area contributed by atoms with Gasteiger partial charge in [0.25, 0.3) is 0 Å². The van der Waals surface area contributed by atoms with E-state index in [0.717, 1.165) is 38.2 Å². The van der Waals surface area contributed by atoms with Crippen LogP contribution in [0.4, 0.5) is 0 Å². The molecule has 0 bridgehead atoms. The van der Waals surface area contributed by atoms with E-state index in [9.17, 15) is 4.79 Å². The van der Waals surface area contributed by atoms with Crippen LogP contribution in [0.25, 0.3) is 11.1 Å². The second-order valence-electron chi connectivity index (χ2n) is 7.09. The summed E-state index contributed by atoms with van der Waals surface area (Å²) in [7, 11) is 0. The molecule has 0 unspecified atom stereocenters. The summed E-state index contributed by atoms with van der Waals surface area (Å²) in [6.07, 6.45) is 0. The third kappa shape index (κ3) is 3.52. The first kappa shape index (κ1) is 16.1. The van der Waals surface area contributed by atoms with Crippen molar-refractivity contribution in [1.29, 1.82) is 0 Å². The Morgan fingerprint density at radius 2 is 1.76 bits per heavy atom. The van der Waals surface area contributed by atoms with Crippen LogP contribution in [0.2, 0.25) is 0 Å². The minimum Gasteiger partial charge on any atom is -0.408 e. The molecule has 1 aromatic heterocycles. The molecule has 0 atom stereocenters. The lowest BCUT2D eigenvalue weighted by atomic mass is 10.1. The van der Waals surface area contributed by atoms with Crippen LogP contribution < -0.4 is 15.6 Å². The van der Waals surface area contributed by atoms with Crippen molar-refractivity contribution in [3.05, 3.63) is 70.2 Å². The third-order valence-electron chi connectivity index (χ3n) is 5.16. The number of oxazole rings is 1. The molecular weight excluding hydrogens is 314 g/mol. The van der Waals surface area contributed by atoms with Gasteiger partial charge < -0.3 is 14.2 Å². The minimum absolute atomic E-state index is 0.247. The molecule has 1 fully saturated rings. The third-order valence-corrected chi connectivity index (χ3v) is 5.16. The van der Waals surface area contributed by atoms with E-state index in [1.54, 1.807) is 9.47 Å². The van der Waals surface area contributed by atoms with Crippen molar-refractivity contribution in [3.8, 4) is 0 Å². The summed E-state index contributed by atoms with van der Waals surface area (Å²) in [5, 5.41) is 0. The normalized spacial score (nSPS) is 20.8. The number of aromatic nitrogens is 1. The van der Waals surface area contributed by atoms with Gasteiger partial charge in [0, 0.05) is 5.56 Å². The number of hydrogen-bond donors (Lipinski definition) is 2. The highest BCUT2D eigenvalue weighted by molar-refractivity contribution is 5.72. The number of para-hydroxylation sites is 2. The van der Waals surface area contributed by atoms with Crippen molar-refractivity contribution < 1.29 is 14.2 Å². The second kappa shape index (κ2) is 6.86. The largest absolute Gasteiger partial charge is 0.424 e. The molecule has 0 aliphatic carbocycles. The fraction of sp³-hybridized carbons (Fsp3) is 0.350. The van der Waals surface area contributed by atoms with Gasteiger partial charge in [-0.05, 0) is 19.1 Å². The van der Waals surface area contributed by atoms with Crippen LogP contribution >= 0.6 is 0 Å². The van der Waals surface area contributed by atoms with Crippen molar-refractivity contribution in [2.75, 3.05) is 26.2 Å². The summed E-state index contributed by atoms with van der Waals surface area (Å²) in [5.41, 5.74) is 4.31. The molecule has 0 radical (unpaired) electrons. The Morgan fingerprint density at radius 3 is 2.56 bits per heavy atom. The molecule has 0 spiro atoms. The van der Waals surface area contributed by atoms with E-state index in [1.807, 2.05) is 24.3 Å². The lowest BCUT2D eigenvalue weighted by Crippen LogP contribution is -3.27. The Morgan fingerprint density at radius 1 is 1.00 bits per heavy atom. The van der Waals surface area contributed by atoms with Gasteiger partial charge >= 0.3 is 5.76 Å². The first-order chi connectivity index (χ1) is 12.2. The Kier molecular flexibility index (Phi) is 4.42. The van der Waals surface area contributed by atoms with E-state index in [2.05, 4.69) is 31.2 Å². The summed E-state index contributed by atoms with van der Waals surface area (Å²) >= 11 is 0.